The normalized spacial score (nSPS) is 38.8. The molecule has 2 rings (SSSR count). The first-order valence-corrected chi connectivity index (χ1v) is 7.87. The summed E-state index contributed by atoms with van der Waals surface area (Å²) < 4.78 is 5.85. The average molecular weight is 254 g/mol. The van der Waals surface area contributed by atoms with Crippen molar-refractivity contribution >= 4 is 0 Å². The Kier molecular flexibility index (Phi) is 5.46. The van der Waals surface area contributed by atoms with Crippen LogP contribution in [0.4, 0.5) is 0 Å². The lowest BCUT2D eigenvalue weighted by atomic mass is 9.72. The molecule has 3 N–H and O–H groups in total. The Hall–Kier alpha value is -0.120. The summed E-state index contributed by atoms with van der Waals surface area (Å²) in [6, 6.07) is 0.465. The SMILES string of the molecule is CCC1CCCC(C(NN)C2CCOC2CC)C1. The van der Waals surface area contributed by atoms with Crippen LogP contribution < -0.4 is 11.3 Å². The van der Waals surface area contributed by atoms with E-state index in [4.69, 9.17) is 10.6 Å². The number of hydrazine groups is 1. The van der Waals surface area contributed by atoms with Crippen LogP contribution in [0.5, 0.6) is 0 Å². The topological polar surface area (TPSA) is 47.3 Å². The van der Waals surface area contributed by atoms with Gasteiger partial charge in [0.05, 0.1) is 6.10 Å². The Morgan fingerprint density at radius 2 is 2.06 bits per heavy atom. The van der Waals surface area contributed by atoms with E-state index in [0.29, 0.717) is 18.1 Å². The fraction of sp³-hybridized carbons (Fsp3) is 1.00. The molecule has 0 aromatic carbocycles. The molecule has 2 fully saturated rings. The van der Waals surface area contributed by atoms with E-state index in [9.17, 15) is 0 Å². The third-order valence-corrected chi connectivity index (χ3v) is 5.23. The quantitative estimate of drug-likeness (QED) is 0.586. The van der Waals surface area contributed by atoms with Crippen molar-refractivity contribution in [2.24, 2.45) is 23.6 Å². The first kappa shape index (κ1) is 14.3. The molecule has 0 amide bonds. The van der Waals surface area contributed by atoms with Gasteiger partial charge in [0.2, 0.25) is 0 Å². The summed E-state index contributed by atoms with van der Waals surface area (Å²) in [6.45, 7) is 5.48. The smallest absolute Gasteiger partial charge is 0.0617 e. The van der Waals surface area contributed by atoms with E-state index in [1.165, 1.54) is 38.5 Å². The Balaban J connectivity index is 1.98. The van der Waals surface area contributed by atoms with Crippen molar-refractivity contribution in [1.29, 1.82) is 0 Å². The van der Waals surface area contributed by atoms with Crippen LogP contribution in [-0.4, -0.2) is 18.8 Å². The van der Waals surface area contributed by atoms with Gasteiger partial charge in [0.25, 0.3) is 0 Å². The molecule has 0 bridgehead atoms. The van der Waals surface area contributed by atoms with Gasteiger partial charge in [-0.25, -0.2) is 0 Å². The highest BCUT2D eigenvalue weighted by Gasteiger charge is 2.38. The highest BCUT2D eigenvalue weighted by atomic mass is 16.5. The second-order valence-corrected chi connectivity index (χ2v) is 6.16. The number of hydrogen-bond donors (Lipinski definition) is 2. The molecule has 18 heavy (non-hydrogen) atoms. The number of hydrogen-bond acceptors (Lipinski definition) is 3. The largest absolute Gasteiger partial charge is 0.378 e. The third-order valence-electron chi connectivity index (χ3n) is 5.23. The third kappa shape index (κ3) is 3.06. The maximum absolute atomic E-state index is 5.88. The molecule has 1 aliphatic heterocycles. The minimum Gasteiger partial charge on any atom is -0.378 e. The maximum atomic E-state index is 5.88. The molecule has 3 heteroatoms. The van der Waals surface area contributed by atoms with E-state index in [-0.39, 0.29) is 0 Å². The van der Waals surface area contributed by atoms with Gasteiger partial charge < -0.3 is 4.74 Å². The van der Waals surface area contributed by atoms with Crippen molar-refractivity contribution in [1.82, 2.24) is 5.43 Å². The molecule has 5 unspecified atom stereocenters. The van der Waals surface area contributed by atoms with Crippen LogP contribution in [-0.2, 0) is 4.74 Å². The molecule has 1 saturated heterocycles. The van der Waals surface area contributed by atoms with E-state index < -0.39 is 0 Å². The van der Waals surface area contributed by atoms with E-state index >= 15 is 0 Å². The van der Waals surface area contributed by atoms with Crippen molar-refractivity contribution < 1.29 is 4.74 Å². The van der Waals surface area contributed by atoms with E-state index in [1.807, 2.05) is 0 Å². The lowest BCUT2D eigenvalue weighted by Crippen LogP contribution is -2.49. The van der Waals surface area contributed by atoms with Crippen molar-refractivity contribution in [2.45, 2.75) is 70.9 Å². The van der Waals surface area contributed by atoms with E-state index in [0.717, 1.165) is 24.9 Å². The Morgan fingerprint density at radius 1 is 1.22 bits per heavy atom. The van der Waals surface area contributed by atoms with E-state index in [2.05, 4.69) is 19.3 Å². The van der Waals surface area contributed by atoms with Crippen LogP contribution in [0, 0.1) is 17.8 Å². The standard InChI is InChI=1S/C15H30N2O/c1-3-11-6-5-7-12(10-11)15(17-16)13-8-9-18-14(13)4-2/h11-15,17H,3-10,16H2,1-2H3. The summed E-state index contributed by atoms with van der Waals surface area (Å²) in [4.78, 5) is 0. The molecule has 1 aliphatic carbocycles. The zero-order valence-electron chi connectivity index (χ0n) is 12.0. The Bertz CT molecular complexity index is 247. The predicted molar refractivity (Wildman–Crippen MR) is 75.0 cm³/mol. The zero-order valence-corrected chi connectivity index (χ0v) is 12.0. The summed E-state index contributed by atoms with van der Waals surface area (Å²) in [5, 5.41) is 0. The van der Waals surface area contributed by atoms with Crippen molar-refractivity contribution in [2.75, 3.05) is 6.61 Å². The summed E-state index contributed by atoms with van der Waals surface area (Å²) in [6.07, 6.45) is 9.55. The summed E-state index contributed by atoms with van der Waals surface area (Å²) in [7, 11) is 0. The number of nitrogens with one attached hydrogen (secondary N) is 1. The van der Waals surface area contributed by atoms with Crippen LogP contribution in [0.2, 0.25) is 0 Å². The maximum Gasteiger partial charge on any atom is 0.0617 e. The minimum absolute atomic E-state index is 0.424. The van der Waals surface area contributed by atoms with Crippen molar-refractivity contribution in [3.8, 4) is 0 Å². The molecule has 1 heterocycles. The van der Waals surface area contributed by atoms with Crippen LogP contribution in [0.15, 0.2) is 0 Å². The molecule has 106 valence electrons. The first-order valence-electron chi connectivity index (χ1n) is 7.87. The van der Waals surface area contributed by atoms with Crippen LogP contribution in [0.1, 0.15) is 58.8 Å². The van der Waals surface area contributed by atoms with Crippen molar-refractivity contribution in [3.63, 3.8) is 0 Å². The molecule has 1 saturated carbocycles. The van der Waals surface area contributed by atoms with Gasteiger partial charge in [-0.2, -0.15) is 0 Å². The van der Waals surface area contributed by atoms with Crippen LogP contribution in [0.25, 0.3) is 0 Å². The fourth-order valence-electron chi connectivity index (χ4n) is 4.14. The van der Waals surface area contributed by atoms with E-state index in [1.54, 1.807) is 0 Å². The Labute approximate surface area is 112 Å². The fourth-order valence-corrected chi connectivity index (χ4v) is 4.14. The second kappa shape index (κ2) is 6.88. The monoisotopic (exact) mass is 254 g/mol. The molecular weight excluding hydrogens is 224 g/mol. The van der Waals surface area contributed by atoms with Gasteiger partial charge in [0.1, 0.15) is 0 Å². The highest BCUT2D eigenvalue weighted by molar-refractivity contribution is 4.91. The molecule has 3 nitrogen and oxygen atoms in total. The number of nitrogens with two attached hydrogens (primary N) is 1. The highest BCUT2D eigenvalue weighted by Crippen LogP contribution is 2.38. The average Bonchev–Trinajstić information content (AvgIpc) is 2.88. The van der Waals surface area contributed by atoms with Gasteiger partial charge >= 0.3 is 0 Å². The lowest BCUT2D eigenvalue weighted by molar-refractivity contribution is 0.0611. The van der Waals surface area contributed by atoms with Gasteiger partial charge in [0, 0.05) is 18.6 Å². The Morgan fingerprint density at radius 3 is 2.72 bits per heavy atom. The minimum atomic E-state index is 0.424. The van der Waals surface area contributed by atoms with Gasteiger partial charge in [-0.3, -0.25) is 11.3 Å². The van der Waals surface area contributed by atoms with Gasteiger partial charge in [-0.05, 0) is 37.5 Å². The lowest BCUT2D eigenvalue weighted by Gasteiger charge is -2.38. The second-order valence-electron chi connectivity index (χ2n) is 6.16. The number of ether oxygens (including phenoxy) is 1. The first-order chi connectivity index (χ1) is 8.80. The zero-order chi connectivity index (χ0) is 13.0. The molecule has 2 aliphatic rings. The van der Waals surface area contributed by atoms with Crippen molar-refractivity contribution in [3.05, 3.63) is 0 Å². The summed E-state index contributed by atoms with van der Waals surface area (Å²) in [5.74, 6) is 8.18. The molecule has 5 atom stereocenters. The van der Waals surface area contributed by atoms with Crippen LogP contribution in [0.3, 0.4) is 0 Å². The molecular formula is C15H30N2O. The summed E-state index contributed by atoms with van der Waals surface area (Å²) in [5.41, 5.74) is 3.14. The van der Waals surface area contributed by atoms with Gasteiger partial charge in [-0.1, -0.05) is 33.1 Å². The van der Waals surface area contributed by atoms with Gasteiger partial charge in [0.15, 0.2) is 0 Å². The molecule has 0 aromatic rings. The van der Waals surface area contributed by atoms with Gasteiger partial charge in [-0.15, -0.1) is 0 Å². The number of rotatable bonds is 5. The summed E-state index contributed by atoms with van der Waals surface area (Å²) >= 11 is 0. The molecule has 0 radical (unpaired) electrons. The van der Waals surface area contributed by atoms with Crippen LogP contribution >= 0.6 is 0 Å². The molecule has 0 spiro atoms. The molecule has 0 aromatic heterocycles. The predicted octanol–water partition coefficient (Wildman–Crippen LogP) is 2.85.